The normalized spacial score (nSPS) is 21.0. The van der Waals surface area contributed by atoms with E-state index in [1.165, 1.54) is 4.90 Å². The summed E-state index contributed by atoms with van der Waals surface area (Å²) < 4.78 is 43.9. The van der Waals surface area contributed by atoms with Crippen LogP contribution in [-0.4, -0.2) is 77.0 Å². The van der Waals surface area contributed by atoms with Crippen LogP contribution in [0.25, 0.3) is 0 Å². The number of aromatic nitrogens is 1. The fourth-order valence-electron chi connectivity index (χ4n) is 4.16. The molecule has 1 amide bonds. The number of hydrogen-bond acceptors (Lipinski definition) is 5. The van der Waals surface area contributed by atoms with Gasteiger partial charge in [0.25, 0.3) is 5.91 Å². The summed E-state index contributed by atoms with van der Waals surface area (Å²) in [6.45, 7) is 7.25. The number of amides is 1. The van der Waals surface area contributed by atoms with Gasteiger partial charge in [0.15, 0.2) is 0 Å². The SMILES string of the molecule is C=C(/C=C\C(=N)CN1CC2(CCN(CCc3ncccc3Cl)CC2)OC(C)C1=O)C(F)(F)F.Cl. The van der Waals surface area contributed by atoms with E-state index < -0.39 is 23.5 Å². The van der Waals surface area contributed by atoms with Crippen LogP contribution in [0.1, 0.15) is 25.5 Å². The lowest BCUT2D eigenvalue weighted by molar-refractivity contribution is -0.188. The molecule has 6 nitrogen and oxygen atoms in total. The molecule has 11 heteroatoms. The van der Waals surface area contributed by atoms with E-state index in [2.05, 4.69) is 16.5 Å². The molecule has 0 bridgehead atoms. The first-order valence-corrected chi connectivity index (χ1v) is 11.2. The largest absolute Gasteiger partial charge is 0.415 e. The highest BCUT2D eigenvalue weighted by atomic mass is 35.5. The van der Waals surface area contributed by atoms with Gasteiger partial charge < -0.3 is 19.9 Å². The van der Waals surface area contributed by atoms with Crippen LogP contribution in [0.2, 0.25) is 5.02 Å². The van der Waals surface area contributed by atoms with Crippen LogP contribution in [0, 0.1) is 5.41 Å². The highest BCUT2D eigenvalue weighted by Crippen LogP contribution is 2.33. The maximum atomic E-state index is 12.6. The van der Waals surface area contributed by atoms with Gasteiger partial charge in [-0.2, -0.15) is 13.2 Å². The van der Waals surface area contributed by atoms with E-state index >= 15 is 0 Å². The molecule has 0 radical (unpaired) electrons. The van der Waals surface area contributed by atoms with Crippen molar-refractivity contribution in [3.63, 3.8) is 0 Å². The summed E-state index contributed by atoms with van der Waals surface area (Å²) in [5, 5.41) is 8.66. The number of alkyl halides is 3. The number of allylic oxidation sites excluding steroid dienone is 2. The maximum Gasteiger partial charge on any atom is 0.415 e. The van der Waals surface area contributed by atoms with Crippen LogP contribution in [0.5, 0.6) is 0 Å². The molecule has 188 valence electrons. The second-order valence-corrected chi connectivity index (χ2v) is 8.95. The van der Waals surface area contributed by atoms with Crippen LogP contribution in [0.4, 0.5) is 13.2 Å². The molecule has 3 rings (SSSR count). The summed E-state index contributed by atoms with van der Waals surface area (Å²) in [5.41, 5.74) is -0.794. The standard InChI is InChI=1S/C23H28ClF3N4O2.ClH/c1-16(23(25,26)27)5-6-18(28)14-31-15-22(33-17(2)21(31)32)8-12-30(13-9-22)11-7-20-19(24)4-3-10-29-20;/h3-6,10,17,28H,1,7-9,11-15H2,2H3;1H/b6-5-,28-18?;. The lowest BCUT2D eigenvalue weighted by Crippen LogP contribution is -2.62. The lowest BCUT2D eigenvalue weighted by Gasteiger charge is -2.49. The number of morpholine rings is 1. The molecule has 1 unspecified atom stereocenters. The van der Waals surface area contributed by atoms with Crippen molar-refractivity contribution in [1.29, 1.82) is 5.41 Å². The fraction of sp³-hybridized carbons (Fsp3) is 0.522. The average Bonchev–Trinajstić information content (AvgIpc) is 2.75. The Morgan fingerprint density at radius 2 is 2.06 bits per heavy atom. The molecule has 0 saturated carbocycles. The number of pyridine rings is 1. The molecule has 0 aromatic carbocycles. The Hall–Kier alpha value is -1.94. The molecule has 1 aromatic rings. The van der Waals surface area contributed by atoms with E-state index in [0.717, 1.165) is 43.9 Å². The second kappa shape index (κ2) is 11.7. The Morgan fingerprint density at radius 1 is 1.38 bits per heavy atom. The number of rotatable bonds is 7. The fourth-order valence-corrected chi connectivity index (χ4v) is 4.38. The molecule has 2 fully saturated rings. The predicted octanol–water partition coefficient (Wildman–Crippen LogP) is 4.48. The van der Waals surface area contributed by atoms with Gasteiger partial charge in [0.05, 0.1) is 35.1 Å². The van der Waals surface area contributed by atoms with E-state index in [1.54, 1.807) is 19.2 Å². The minimum Gasteiger partial charge on any atom is -0.360 e. The van der Waals surface area contributed by atoms with Crippen molar-refractivity contribution in [2.75, 3.05) is 32.7 Å². The van der Waals surface area contributed by atoms with Gasteiger partial charge in [0.1, 0.15) is 6.10 Å². The lowest BCUT2D eigenvalue weighted by atomic mass is 9.88. The summed E-state index contributed by atoms with van der Waals surface area (Å²) in [4.78, 5) is 20.7. The summed E-state index contributed by atoms with van der Waals surface area (Å²) in [5.74, 6) is -0.263. The molecule has 2 saturated heterocycles. The average molecular weight is 521 g/mol. The summed E-state index contributed by atoms with van der Waals surface area (Å²) in [6, 6.07) is 3.62. The molecule has 3 heterocycles. The van der Waals surface area contributed by atoms with E-state index in [0.29, 0.717) is 24.4 Å². The van der Waals surface area contributed by atoms with E-state index in [9.17, 15) is 18.0 Å². The van der Waals surface area contributed by atoms with E-state index in [-0.39, 0.29) is 30.6 Å². The molecule has 2 aliphatic rings. The number of hydrogen-bond donors (Lipinski definition) is 1. The molecule has 1 atom stereocenters. The molecule has 34 heavy (non-hydrogen) atoms. The number of halogens is 5. The third kappa shape index (κ3) is 7.28. The maximum absolute atomic E-state index is 12.6. The van der Waals surface area contributed by atoms with Crippen LogP contribution in [0.3, 0.4) is 0 Å². The number of nitrogens with one attached hydrogen (secondary N) is 1. The topological polar surface area (TPSA) is 69.5 Å². The molecular formula is C23H29Cl2F3N4O2. The predicted molar refractivity (Wildman–Crippen MR) is 128 cm³/mol. The Balaban J connectivity index is 0.00000408. The van der Waals surface area contributed by atoms with Gasteiger partial charge in [-0.25, -0.2) is 0 Å². The number of likely N-dealkylation sites (tertiary alicyclic amines) is 1. The van der Waals surface area contributed by atoms with Gasteiger partial charge in [0.2, 0.25) is 0 Å². The molecule has 2 aliphatic heterocycles. The number of ether oxygens (including phenoxy) is 1. The number of carbonyl (C=O) groups excluding carboxylic acids is 1. The first kappa shape index (κ1) is 28.3. The van der Waals surface area contributed by atoms with Gasteiger partial charge in [-0.15, -0.1) is 12.4 Å². The van der Waals surface area contributed by atoms with E-state index in [1.807, 2.05) is 6.07 Å². The third-order valence-corrected chi connectivity index (χ3v) is 6.39. The zero-order valence-electron chi connectivity index (χ0n) is 18.9. The molecular weight excluding hydrogens is 492 g/mol. The first-order chi connectivity index (χ1) is 15.5. The number of piperidine rings is 1. The quantitative estimate of drug-likeness (QED) is 0.425. The van der Waals surface area contributed by atoms with Crippen molar-refractivity contribution in [1.82, 2.24) is 14.8 Å². The van der Waals surface area contributed by atoms with Crippen LogP contribution in [-0.2, 0) is 16.0 Å². The summed E-state index contributed by atoms with van der Waals surface area (Å²) in [7, 11) is 0. The van der Waals surface area contributed by atoms with Crippen LogP contribution in [0.15, 0.2) is 42.6 Å². The Bertz CT molecular complexity index is 931. The zero-order chi connectivity index (χ0) is 24.2. The number of nitrogens with zero attached hydrogens (tertiary/aromatic N) is 3. The van der Waals surface area contributed by atoms with Crippen molar-refractivity contribution in [3.05, 3.63) is 53.4 Å². The smallest absolute Gasteiger partial charge is 0.360 e. The highest BCUT2D eigenvalue weighted by Gasteiger charge is 2.45. The van der Waals surface area contributed by atoms with Gasteiger partial charge in [0, 0.05) is 37.8 Å². The van der Waals surface area contributed by atoms with Crippen molar-refractivity contribution in [3.8, 4) is 0 Å². The van der Waals surface area contributed by atoms with Crippen LogP contribution >= 0.6 is 24.0 Å². The number of carbonyl (C=O) groups is 1. The Kier molecular flexibility index (Phi) is 9.71. The van der Waals surface area contributed by atoms with Crippen molar-refractivity contribution in [2.24, 2.45) is 0 Å². The van der Waals surface area contributed by atoms with Crippen molar-refractivity contribution >= 4 is 35.6 Å². The van der Waals surface area contributed by atoms with Crippen LogP contribution < -0.4 is 0 Å². The first-order valence-electron chi connectivity index (χ1n) is 10.8. The van der Waals surface area contributed by atoms with Crippen molar-refractivity contribution in [2.45, 2.75) is 44.1 Å². The van der Waals surface area contributed by atoms with Gasteiger partial charge >= 0.3 is 6.18 Å². The molecule has 1 spiro atoms. The summed E-state index contributed by atoms with van der Waals surface area (Å²) >= 11 is 6.19. The summed E-state index contributed by atoms with van der Waals surface area (Å²) in [6.07, 6.45) is 0.484. The highest BCUT2D eigenvalue weighted by molar-refractivity contribution is 6.31. The van der Waals surface area contributed by atoms with Gasteiger partial charge in [-0.1, -0.05) is 18.2 Å². The minimum atomic E-state index is -4.54. The van der Waals surface area contributed by atoms with E-state index in [4.69, 9.17) is 21.7 Å². The third-order valence-electron chi connectivity index (χ3n) is 6.04. The zero-order valence-corrected chi connectivity index (χ0v) is 20.5. The van der Waals surface area contributed by atoms with Gasteiger partial charge in [-0.05, 0) is 44.1 Å². The van der Waals surface area contributed by atoms with Gasteiger partial charge in [-0.3, -0.25) is 9.78 Å². The van der Waals surface area contributed by atoms with Crippen molar-refractivity contribution < 1.29 is 22.7 Å². The minimum absolute atomic E-state index is 0. The Labute approximate surface area is 208 Å². The monoisotopic (exact) mass is 520 g/mol. The second-order valence-electron chi connectivity index (χ2n) is 8.54. The molecule has 1 aromatic heterocycles. The molecule has 1 N–H and O–H groups in total. The molecule has 0 aliphatic carbocycles. The Morgan fingerprint density at radius 3 is 2.68 bits per heavy atom.